The molecule has 0 unspecified atom stereocenters. The van der Waals surface area contributed by atoms with Gasteiger partial charge in [0.25, 0.3) is 5.91 Å². The molecule has 1 aromatic rings. The van der Waals surface area contributed by atoms with Crippen LogP contribution in [-0.2, 0) is 14.8 Å². The summed E-state index contributed by atoms with van der Waals surface area (Å²) in [5.41, 5.74) is 1.83. The molecule has 2 rings (SSSR count). The summed E-state index contributed by atoms with van der Waals surface area (Å²) in [6, 6.07) is 5.27. The highest BCUT2D eigenvalue weighted by molar-refractivity contribution is 7.89. The van der Waals surface area contributed by atoms with Gasteiger partial charge in [0.1, 0.15) is 0 Å². The van der Waals surface area contributed by atoms with Crippen molar-refractivity contribution in [3.05, 3.63) is 29.3 Å². The summed E-state index contributed by atoms with van der Waals surface area (Å²) < 4.78 is 27.3. The molecule has 24 heavy (non-hydrogen) atoms. The summed E-state index contributed by atoms with van der Waals surface area (Å²) in [5, 5.41) is 0. The molecule has 6 nitrogen and oxygen atoms in total. The largest absolute Gasteiger partial charge is 0.344 e. The molecule has 0 saturated carbocycles. The van der Waals surface area contributed by atoms with Crippen molar-refractivity contribution in [1.82, 2.24) is 9.21 Å². The van der Waals surface area contributed by atoms with Gasteiger partial charge in [0.15, 0.2) is 6.04 Å². The van der Waals surface area contributed by atoms with E-state index in [1.54, 1.807) is 29.4 Å². The van der Waals surface area contributed by atoms with E-state index in [1.165, 1.54) is 0 Å². The Morgan fingerprint density at radius 3 is 2.29 bits per heavy atom. The normalized spacial score (nSPS) is 18.4. The van der Waals surface area contributed by atoms with Crippen LogP contribution in [0.4, 0.5) is 0 Å². The number of benzene rings is 1. The molecule has 7 heteroatoms. The van der Waals surface area contributed by atoms with Crippen LogP contribution in [0.2, 0.25) is 0 Å². The zero-order valence-corrected chi connectivity index (χ0v) is 16.0. The Morgan fingerprint density at radius 2 is 1.79 bits per heavy atom. The molecule has 1 fully saturated rings. The third-order valence-electron chi connectivity index (χ3n) is 4.74. The fraction of sp³-hybridized carbons (Fsp3) is 0.588. The number of nitrogens with zero attached hydrogens (tertiary/aromatic N) is 2. The molecular weight excluding hydrogens is 326 g/mol. The van der Waals surface area contributed by atoms with Crippen LogP contribution in [0, 0.1) is 13.8 Å². The van der Waals surface area contributed by atoms with Gasteiger partial charge in [0.2, 0.25) is 10.0 Å². The van der Waals surface area contributed by atoms with Crippen molar-refractivity contribution >= 4 is 15.9 Å². The molecule has 1 heterocycles. The summed E-state index contributed by atoms with van der Waals surface area (Å²) >= 11 is 0. The van der Waals surface area contributed by atoms with Gasteiger partial charge in [-0.05, 0) is 32.4 Å². The zero-order chi connectivity index (χ0) is 18.1. The van der Waals surface area contributed by atoms with Crippen LogP contribution < -0.4 is 4.90 Å². The van der Waals surface area contributed by atoms with E-state index >= 15 is 0 Å². The standard InChI is InChI=1S/C17H27N3O3S/c1-13-6-7-16(14(2)12-13)24(22,23)20-10-8-19(9-11-20)15(3)17(21)18(4)5/h6-7,12,15H,8-11H2,1-5H3/p+1/t15-/m0/s1. The molecule has 1 amide bonds. The van der Waals surface area contributed by atoms with Gasteiger partial charge in [0, 0.05) is 14.1 Å². The number of aryl methyl sites for hydroxylation is 2. The monoisotopic (exact) mass is 354 g/mol. The lowest BCUT2D eigenvalue weighted by Crippen LogP contribution is -3.19. The van der Waals surface area contributed by atoms with Crippen molar-refractivity contribution in [2.45, 2.75) is 31.7 Å². The maximum Gasteiger partial charge on any atom is 0.280 e. The van der Waals surface area contributed by atoms with Gasteiger partial charge in [-0.3, -0.25) is 4.79 Å². The lowest BCUT2D eigenvalue weighted by atomic mass is 10.2. The fourth-order valence-corrected chi connectivity index (χ4v) is 4.88. The number of quaternary nitrogens is 1. The number of piperazine rings is 1. The lowest BCUT2D eigenvalue weighted by Gasteiger charge is -2.35. The summed E-state index contributed by atoms with van der Waals surface area (Å²) in [6.07, 6.45) is 0. The minimum absolute atomic E-state index is 0.0793. The highest BCUT2D eigenvalue weighted by Crippen LogP contribution is 2.20. The second-order valence-electron chi connectivity index (χ2n) is 6.79. The number of hydrogen-bond donors (Lipinski definition) is 1. The molecule has 1 saturated heterocycles. The number of carbonyl (C=O) groups excluding carboxylic acids is 1. The predicted molar refractivity (Wildman–Crippen MR) is 93.5 cm³/mol. The maximum absolute atomic E-state index is 12.9. The Morgan fingerprint density at radius 1 is 1.21 bits per heavy atom. The third kappa shape index (κ3) is 3.79. The van der Waals surface area contributed by atoms with Crippen molar-refractivity contribution in [1.29, 1.82) is 0 Å². The molecule has 0 radical (unpaired) electrons. The SMILES string of the molecule is Cc1ccc(S(=O)(=O)N2CC[NH+]([C@@H](C)C(=O)N(C)C)CC2)c(C)c1. The van der Waals surface area contributed by atoms with Crippen molar-refractivity contribution < 1.29 is 18.1 Å². The number of hydrogen-bond acceptors (Lipinski definition) is 3. The molecule has 1 N–H and O–H groups in total. The molecule has 0 aliphatic carbocycles. The summed E-state index contributed by atoms with van der Waals surface area (Å²) in [5.74, 6) is 0.0793. The maximum atomic E-state index is 12.9. The number of likely N-dealkylation sites (N-methyl/N-ethyl adjacent to an activating group) is 1. The van der Waals surface area contributed by atoms with Gasteiger partial charge in [-0.2, -0.15) is 4.31 Å². The number of rotatable bonds is 4. The molecule has 1 aromatic carbocycles. The number of carbonyl (C=O) groups is 1. The molecular formula is C17H28N3O3S+. The van der Waals surface area contributed by atoms with E-state index in [2.05, 4.69) is 0 Å². The highest BCUT2D eigenvalue weighted by atomic mass is 32.2. The average molecular weight is 354 g/mol. The zero-order valence-electron chi connectivity index (χ0n) is 15.2. The van der Waals surface area contributed by atoms with Crippen LogP contribution in [-0.4, -0.2) is 69.8 Å². The van der Waals surface area contributed by atoms with Gasteiger partial charge in [-0.15, -0.1) is 0 Å². The second-order valence-corrected chi connectivity index (χ2v) is 8.69. The van der Waals surface area contributed by atoms with Crippen molar-refractivity contribution in [3.63, 3.8) is 0 Å². The Balaban J connectivity index is 2.10. The smallest absolute Gasteiger partial charge is 0.280 e. The number of amides is 1. The predicted octanol–water partition coefficient (Wildman–Crippen LogP) is -0.331. The molecule has 0 aromatic heterocycles. The van der Waals surface area contributed by atoms with Gasteiger partial charge in [0.05, 0.1) is 31.1 Å². The Kier molecular flexibility index (Phi) is 5.67. The van der Waals surface area contributed by atoms with Crippen LogP contribution in [0.25, 0.3) is 0 Å². The molecule has 134 valence electrons. The lowest BCUT2D eigenvalue weighted by molar-refractivity contribution is -0.917. The van der Waals surface area contributed by atoms with Crippen LogP contribution in [0.15, 0.2) is 23.1 Å². The number of sulfonamides is 1. The average Bonchev–Trinajstić information content (AvgIpc) is 2.53. The van der Waals surface area contributed by atoms with Gasteiger partial charge in [-0.25, -0.2) is 8.42 Å². The third-order valence-corrected chi connectivity index (χ3v) is 6.80. The van der Waals surface area contributed by atoms with Crippen LogP contribution in [0.3, 0.4) is 0 Å². The quantitative estimate of drug-likeness (QED) is 0.805. The molecule has 0 bridgehead atoms. The first-order valence-corrected chi connectivity index (χ1v) is 9.71. The molecule has 1 aliphatic heterocycles. The Hall–Kier alpha value is -1.44. The number of nitrogens with one attached hydrogen (secondary N) is 1. The van der Waals surface area contributed by atoms with E-state index in [0.29, 0.717) is 31.1 Å². The van der Waals surface area contributed by atoms with Crippen molar-refractivity contribution in [2.24, 2.45) is 0 Å². The second kappa shape index (κ2) is 7.21. The Labute approximate surface area is 145 Å². The first kappa shape index (κ1) is 18.9. The van der Waals surface area contributed by atoms with Crippen LogP contribution in [0.5, 0.6) is 0 Å². The minimum Gasteiger partial charge on any atom is -0.344 e. The van der Waals surface area contributed by atoms with E-state index in [0.717, 1.165) is 16.0 Å². The van der Waals surface area contributed by atoms with Crippen LogP contribution >= 0.6 is 0 Å². The molecule has 0 spiro atoms. The first-order valence-electron chi connectivity index (χ1n) is 8.27. The Bertz CT molecular complexity index is 708. The van der Waals surface area contributed by atoms with Crippen molar-refractivity contribution in [2.75, 3.05) is 40.3 Å². The fourth-order valence-electron chi connectivity index (χ4n) is 3.24. The van der Waals surface area contributed by atoms with Gasteiger partial charge in [-0.1, -0.05) is 17.7 Å². The van der Waals surface area contributed by atoms with E-state index < -0.39 is 10.0 Å². The molecule has 1 atom stereocenters. The minimum atomic E-state index is -3.47. The van der Waals surface area contributed by atoms with Crippen LogP contribution in [0.1, 0.15) is 18.1 Å². The van der Waals surface area contributed by atoms with Gasteiger partial charge >= 0.3 is 0 Å². The van der Waals surface area contributed by atoms with E-state index in [9.17, 15) is 13.2 Å². The first-order chi connectivity index (χ1) is 11.1. The van der Waals surface area contributed by atoms with Crippen molar-refractivity contribution in [3.8, 4) is 0 Å². The summed E-state index contributed by atoms with van der Waals surface area (Å²) in [4.78, 5) is 15.2. The highest BCUT2D eigenvalue weighted by Gasteiger charge is 2.35. The molecule has 1 aliphatic rings. The summed E-state index contributed by atoms with van der Waals surface area (Å²) in [7, 11) is 0.0278. The van der Waals surface area contributed by atoms with Gasteiger partial charge < -0.3 is 9.80 Å². The topological polar surface area (TPSA) is 62.1 Å². The van der Waals surface area contributed by atoms with E-state index in [4.69, 9.17) is 0 Å². The van der Waals surface area contributed by atoms with E-state index in [-0.39, 0.29) is 11.9 Å². The summed E-state index contributed by atoms with van der Waals surface area (Å²) in [6.45, 7) is 7.86. The van der Waals surface area contributed by atoms with E-state index in [1.807, 2.05) is 32.9 Å².